The molecule has 0 saturated carbocycles. The van der Waals surface area contributed by atoms with Crippen molar-refractivity contribution in [2.24, 2.45) is 5.73 Å². The second kappa shape index (κ2) is 14.2. The Morgan fingerprint density at radius 1 is 0.688 bits per heavy atom. The molecule has 2 rings (SSSR count). The van der Waals surface area contributed by atoms with Gasteiger partial charge in [-0.1, -0.05) is 45.0 Å². The lowest BCUT2D eigenvalue weighted by Gasteiger charge is -2.19. The number of hydrogen-bond acceptors (Lipinski definition) is 6. The first kappa shape index (κ1) is 26.3. The first-order valence-corrected chi connectivity index (χ1v) is 11.2. The minimum Gasteiger partial charge on any atom is -0.491 e. The highest BCUT2D eigenvalue weighted by atomic mass is 16.6. The largest absolute Gasteiger partial charge is 0.491 e. The van der Waals surface area contributed by atoms with Gasteiger partial charge in [0.25, 0.3) is 0 Å². The van der Waals surface area contributed by atoms with Gasteiger partial charge >= 0.3 is 0 Å². The molecule has 2 N–H and O–H groups in total. The molecule has 0 aromatic heterocycles. The third-order valence-electron chi connectivity index (χ3n) is 4.96. The zero-order valence-corrected chi connectivity index (χ0v) is 20.0. The van der Waals surface area contributed by atoms with E-state index in [4.69, 9.17) is 29.4 Å². The van der Waals surface area contributed by atoms with E-state index in [0.717, 1.165) is 22.4 Å². The lowest BCUT2D eigenvalue weighted by Crippen LogP contribution is -2.13. The fraction of sp³-hybridized carbons (Fsp3) is 0.538. The summed E-state index contributed by atoms with van der Waals surface area (Å²) in [5.41, 5.74) is 10.6. The highest BCUT2D eigenvalue weighted by Gasteiger charge is 2.13. The maximum Gasteiger partial charge on any atom is 0.120 e. The van der Waals surface area contributed by atoms with Crippen LogP contribution in [-0.2, 0) is 30.9 Å². The Morgan fingerprint density at radius 2 is 1.25 bits per heavy atom. The SMILES string of the molecule is COCCOCCOCCOCCOc1cc(CN)cc(-c2ccc(C(C)(C)C)cc2)c1. The van der Waals surface area contributed by atoms with Crippen molar-refractivity contribution in [3.63, 3.8) is 0 Å². The third-order valence-corrected chi connectivity index (χ3v) is 4.96. The van der Waals surface area contributed by atoms with Crippen molar-refractivity contribution >= 4 is 0 Å². The summed E-state index contributed by atoms with van der Waals surface area (Å²) in [6.07, 6.45) is 0. The molecule has 6 heteroatoms. The first-order valence-electron chi connectivity index (χ1n) is 11.2. The summed E-state index contributed by atoms with van der Waals surface area (Å²) in [5, 5.41) is 0. The van der Waals surface area contributed by atoms with Crippen LogP contribution in [0.4, 0.5) is 0 Å². The second-order valence-electron chi connectivity index (χ2n) is 8.58. The number of ether oxygens (including phenoxy) is 5. The fourth-order valence-corrected chi connectivity index (χ4v) is 3.09. The van der Waals surface area contributed by atoms with E-state index in [1.54, 1.807) is 7.11 Å². The van der Waals surface area contributed by atoms with Crippen LogP contribution in [0, 0.1) is 0 Å². The van der Waals surface area contributed by atoms with Gasteiger partial charge in [-0.05, 0) is 45.9 Å². The van der Waals surface area contributed by atoms with Crippen LogP contribution in [0.1, 0.15) is 31.9 Å². The average molecular weight is 446 g/mol. The van der Waals surface area contributed by atoms with Crippen molar-refractivity contribution in [2.45, 2.75) is 32.7 Å². The average Bonchev–Trinajstić information content (AvgIpc) is 2.79. The highest BCUT2D eigenvalue weighted by Crippen LogP contribution is 2.29. The highest BCUT2D eigenvalue weighted by molar-refractivity contribution is 5.66. The van der Waals surface area contributed by atoms with E-state index in [9.17, 15) is 0 Å². The van der Waals surface area contributed by atoms with E-state index in [-0.39, 0.29) is 5.41 Å². The molecular weight excluding hydrogens is 406 g/mol. The number of rotatable bonds is 15. The van der Waals surface area contributed by atoms with Crippen molar-refractivity contribution in [1.82, 2.24) is 0 Å². The lowest BCUT2D eigenvalue weighted by atomic mass is 9.86. The first-order chi connectivity index (χ1) is 15.4. The molecule has 0 unspecified atom stereocenters. The van der Waals surface area contributed by atoms with Crippen molar-refractivity contribution in [3.8, 4) is 16.9 Å². The Kier molecular flexibility index (Phi) is 11.7. The van der Waals surface area contributed by atoms with Crippen LogP contribution in [0.25, 0.3) is 11.1 Å². The van der Waals surface area contributed by atoms with Crippen LogP contribution in [0.2, 0.25) is 0 Å². The summed E-state index contributed by atoms with van der Waals surface area (Å²) in [6.45, 7) is 11.4. The second-order valence-corrected chi connectivity index (χ2v) is 8.58. The standard InChI is InChI=1S/C26H39NO5/c1-26(2,3)24-7-5-22(6-8-24)23-17-21(20-27)18-25(19-23)32-16-15-31-14-13-30-12-11-29-10-9-28-4/h5-8,17-19H,9-16,20,27H2,1-4H3. The molecule has 0 aliphatic rings. The number of nitrogens with two attached hydrogens (primary N) is 1. The predicted molar refractivity (Wildman–Crippen MR) is 128 cm³/mol. The zero-order valence-electron chi connectivity index (χ0n) is 20.0. The van der Waals surface area contributed by atoms with E-state index >= 15 is 0 Å². The number of benzene rings is 2. The van der Waals surface area contributed by atoms with Crippen molar-refractivity contribution in [1.29, 1.82) is 0 Å². The smallest absolute Gasteiger partial charge is 0.120 e. The van der Waals surface area contributed by atoms with Crippen molar-refractivity contribution in [3.05, 3.63) is 53.6 Å². The molecule has 0 aliphatic heterocycles. The van der Waals surface area contributed by atoms with Crippen LogP contribution < -0.4 is 10.5 Å². The van der Waals surface area contributed by atoms with Crippen LogP contribution in [0.3, 0.4) is 0 Å². The van der Waals surface area contributed by atoms with Gasteiger partial charge < -0.3 is 29.4 Å². The Bertz CT molecular complexity index is 771. The van der Waals surface area contributed by atoms with Crippen molar-refractivity contribution < 1.29 is 23.7 Å². The minimum atomic E-state index is 0.134. The summed E-state index contributed by atoms with van der Waals surface area (Å²) >= 11 is 0. The third kappa shape index (κ3) is 9.67. The molecule has 0 amide bonds. The maximum atomic E-state index is 5.92. The summed E-state index contributed by atoms with van der Waals surface area (Å²) < 4.78 is 27.2. The van der Waals surface area contributed by atoms with E-state index in [0.29, 0.717) is 59.4 Å². The van der Waals surface area contributed by atoms with E-state index in [1.165, 1.54) is 5.56 Å². The summed E-state index contributed by atoms with van der Waals surface area (Å²) in [7, 11) is 1.65. The predicted octanol–water partition coefficient (Wildman–Crippen LogP) is 4.18. The van der Waals surface area contributed by atoms with Crippen LogP contribution in [0.15, 0.2) is 42.5 Å². The van der Waals surface area contributed by atoms with E-state index in [2.05, 4.69) is 57.2 Å². The minimum absolute atomic E-state index is 0.134. The van der Waals surface area contributed by atoms with Crippen LogP contribution in [0.5, 0.6) is 5.75 Å². The molecular formula is C26H39NO5. The fourth-order valence-electron chi connectivity index (χ4n) is 3.09. The van der Waals surface area contributed by atoms with Gasteiger partial charge in [0.2, 0.25) is 0 Å². The molecule has 0 aliphatic carbocycles. The van der Waals surface area contributed by atoms with Crippen molar-refractivity contribution in [2.75, 3.05) is 60.0 Å². The lowest BCUT2D eigenvalue weighted by molar-refractivity contribution is 0.000163. The molecule has 32 heavy (non-hydrogen) atoms. The van der Waals surface area contributed by atoms with Crippen LogP contribution in [-0.4, -0.2) is 60.0 Å². The number of methoxy groups -OCH3 is 1. The monoisotopic (exact) mass is 445 g/mol. The summed E-state index contributed by atoms with van der Waals surface area (Å²) in [4.78, 5) is 0. The summed E-state index contributed by atoms with van der Waals surface area (Å²) in [5.74, 6) is 0.802. The topological polar surface area (TPSA) is 72.2 Å². The van der Waals surface area contributed by atoms with E-state index < -0.39 is 0 Å². The van der Waals surface area contributed by atoms with Gasteiger partial charge in [-0.15, -0.1) is 0 Å². The molecule has 2 aromatic carbocycles. The van der Waals surface area contributed by atoms with Crippen LogP contribution >= 0.6 is 0 Å². The van der Waals surface area contributed by atoms with Gasteiger partial charge in [0.05, 0.1) is 46.2 Å². The summed E-state index contributed by atoms with van der Waals surface area (Å²) in [6, 6.07) is 14.8. The molecule has 0 heterocycles. The molecule has 0 saturated heterocycles. The molecule has 6 nitrogen and oxygen atoms in total. The van der Waals surface area contributed by atoms with Gasteiger partial charge in [0.1, 0.15) is 12.4 Å². The van der Waals surface area contributed by atoms with Gasteiger partial charge in [-0.3, -0.25) is 0 Å². The quantitative estimate of drug-likeness (QED) is 0.415. The zero-order chi connectivity index (χ0) is 23.2. The molecule has 0 atom stereocenters. The molecule has 0 fully saturated rings. The van der Waals surface area contributed by atoms with Gasteiger partial charge in [-0.25, -0.2) is 0 Å². The molecule has 2 aromatic rings. The normalized spacial score (nSPS) is 11.7. The Balaban J connectivity index is 1.75. The molecule has 178 valence electrons. The van der Waals surface area contributed by atoms with Gasteiger partial charge in [-0.2, -0.15) is 0 Å². The Labute approximate surface area is 193 Å². The Hall–Kier alpha value is -1.96. The molecule has 0 radical (unpaired) electrons. The van der Waals surface area contributed by atoms with E-state index in [1.807, 2.05) is 6.07 Å². The Morgan fingerprint density at radius 3 is 1.78 bits per heavy atom. The molecule has 0 spiro atoms. The van der Waals surface area contributed by atoms with Gasteiger partial charge in [0, 0.05) is 13.7 Å². The van der Waals surface area contributed by atoms with Gasteiger partial charge in [0.15, 0.2) is 0 Å². The number of hydrogen-bond donors (Lipinski definition) is 1. The molecule has 0 bridgehead atoms. The maximum absolute atomic E-state index is 5.92.